The zero-order valence-electron chi connectivity index (χ0n) is 18.5. The molecule has 0 aromatic heterocycles. The first-order valence-electron chi connectivity index (χ1n) is 10.6. The van der Waals surface area contributed by atoms with Crippen molar-refractivity contribution in [2.24, 2.45) is 0 Å². The Labute approximate surface area is 191 Å². The molecule has 0 aliphatic heterocycles. The van der Waals surface area contributed by atoms with Crippen LogP contribution in [0.4, 0.5) is 13.2 Å². The lowest BCUT2D eigenvalue weighted by Crippen LogP contribution is -2.38. The topological polar surface area (TPSA) is 50.4 Å². The van der Waals surface area contributed by atoms with E-state index in [0.717, 1.165) is 28.8 Å². The number of hydrogen-bond donors (Lipinski definition) is 2. The third-order valence-corrected chi connectivity index (χ3v) is 5.51. The molecule has 0 saturated heterocycles. The van der Waals surface area contributed by atoms with Crippen molar-refractivity contribution >= 4 is 5.91 Å². The van der Waals surface area contributed by atoms with E-state index >= 15 is 0 Å². The molecule has 4 nitrogen and oxygen atoms in total. The maximum atomic E-state index is 12.9. The number of halogens is 3. The Bertz CT molecular complexity index is 1040. The van der Waals surface area contributed by atoms with Gasteiger partial charge in [0.1, 0.15) is 11.8 Å². The zero-order valence-corrected chi connectivity index (χ0v) is 18.5. The fourth-order valence-corrected chi connectivity index (χ4v) is 3.69. The predicted octanol–water partition coefficient (Wildman–Crippen LogP) is 5.46. The molecule has 3 rings (SSSR count). The minimum absolute atomic E-state index is 0.177. The van der Waals surface area contributed by atoms with Crippen LogP contribution in [0.15, 0.2) is 78.9 Å². The summed E-state index contributed by atoms with van der Waals surface area (Å²) in [6.45, 7) is 0. The molecule has 1 unspecified atom stereocenters. The molecule has 0 spiro atoms. The second kappa shape index (κ2) is 11.0. The van der Waals surface area contributed by atoms with Gasteiger partial charge < -0.3 is 10.1 Å². The van der Waals surface area contributed by atoms with E-state index in [0.29, 0.717) is 18.6 Å². The second-order valence-electron chi connectivity index (χ2n) is 7.69. The number of likely N-dealkylation sites (N-methyl/N-ethyl adjacent to an activating group) is 1. The number of aryl methyl sites for hydroxylation is 1. The van der Waals surface area contributed by atoms with Crippen LogP contribution in [-0.4, -0.2) is 20.1 Å². The van der Waals surface area contributed by atoms with Gasteiger partial charge in [-0.25, -0.2) is 0 Å². The number of ether oxygens (including phenoxy) is 1. The van der Waals surface area contributed by atoms with E-state index in [9.17, 15) is 18.0 Å². The summed E-state index contributed by atoms with van der Waals surface area (Å²) >= 11 is 0. The molecule has 3 aromatic rings. The monoisotopic (exact) mass is 456 g/mol. The van der Waals surface area contributed by atoms with Gasteiger partial charge in [0, 0.05) is 13.1 Å². The fraction of sp³-hybridized carbons (Fsp3) is 0.269. The molecule has 3 aromatic carbocycles. The van der Waals surface area contributed by atoms with Crippen molar-refractivity contribution in [2.45, 2.75) is 31.1 Å². The van der Waals surface area contributed by atoms with E-state index in [-0.39, 0.29) is 11.9 Å². The summed E-state index contributed by atoms with van der Waals surface area (Å²) in [6, 6.07) is 21.3. The Morgan fingerprint density at radius 2 is 1.61 bits per heavy atom. The number of nitrogens with one attached hydrogen (secondary N) is 2. The van der Waals surface area contributed by atoms with Crippen molar-refractivity contribution in [1.82, 2.24) is 10.6 Å². The number of rotatable bonds is 9. The molecule has 2 atom stereocenters. The van der Waals surface area contributed by atoms with Crippen molar-refractivity contribution in [1.29, 1.82) is 0 Å². The van der Waals surface area contributed by atoms with Gasteiger partial charge in [-0.3, -0.25) is 10.1 Å². The molecule has 0 aliphatic rings. The summed E-state index contributed by atoms with van der Waals surface area (Å²) in [5.74, 6) is 0.508. The summed E-state index contributed by atoms with van der Waals surface area (Å²) < 4.78 is 44.0. The summed E-state index contributed by atoms with van der Waals surface area (Å²) in [4.78, 5) is 12.7. The van der Waals surface area contributed by atoms with Crippen LogP contribution in [0.1, 0.15) is 40.8 Å². The minimum atomic E-state index is -4.36. The summed E-state index contributed by atoms with van der Waals surface area (Å²) in [5.41, 5.74) is 1.86. The van der Waals surface area contributed by atoms with Crippen LogP contribution in [0, 0.1) is 0 Å². The van der Waals surface area contributed by atoms with Crippen LogP contribution in [-0.2, 0) is 17.4 Å². The van der Waals surface area contributed by atoms with Gasteiger partial charge in [-0.05, 0) is 53.8 Å². The lowest BCUT2D eigenvalue weighted by Gasteiger charge is -2.26. The van der Waals surface area contributed by atoms with Crippen molar-refractivity contribution in [3.63, 3.8) is 0 Å². The number of carbonyl (C=O) groups is 1. The van der Waals surface area contributed by atoms with Crippen LogP contribution in [0.25, 0.3) is 0 Å². The maximum absolute atomic E-state index is 12.9. The molecule has 0 aliphatic carbocycles. The quantitative estimate of drug-likeness (QED) is 0.449. The number of carbonyl (C=O) groups excluding carboxylic acids is 1. The van der Waals surface area contributed by atoms with Gasteiger partial charge in [0.15, 0.2) is 0 Å². The fourth-order valence-electron chi connectivity index (χ4n) is 3.69. The minimum Gasteiger partial charge on any atom is -0.497 e. The molecule has 0 saturated carbocycles. The third kappa shape index (κ3) is 6.58. The molecule has 0 bridgehead atoms. The van der Waals surface area contributed by atoms with Crippen molar-refractivity contribution < 1.29 is 22.7 Å². The average Bonchev–Trinajstić information content (AvgIpc) is 2.84. The Kier molecular flexibility index (Phi) is 8.11. The summed E-state index contributed by atoms with van der Waals surface area (Å²) in [7, 11) is 3.17. The normalized spacial score (nSPS) is 13.2. The van der Waals surface area contributed by atoms with Crippen LogP contribution in [0.2, 0.25) is 0 Å². The van der Waals surface area contributed by atoms with E-state index in [1.807, 2.05) is 54.6 Å². The molecule has 0 fully saturated rings. The SMILES string of the molecule is CNC(=O)C(N[C@H](CCc1ccc(C(F)(F)F)cc1)c1cccc(OC)c1)c1ccccc1. The Morgan fingerprint density at radius 1 is 0.939 bits per heavy atom. The van der Waals surface area contributed by atoms with E-state index < -0.39 is 17.8 Å². The van der Waals surface area contributed by atoms with E-state index in [4.69, 9.17) is 4.74 Å². The number of alkyl halides is 3. The first-order valence-corrected chi connectivity index (χ1v) is 10.6. The number of amides is 1. The first-order chi connectivity index (χ1) is 15.8. The van der Waals surface area contributed by atoms with Gasteiger partial charge in [0.25, 0.3) is 0 Å². The predicted molar refractivity (Wildman–Crippen MR) is 122 cm³/mol. The van der Waals surface area contributed by atoms with Crippen LogP contribution >= 0.6 is 0 Å². The molecule has 0 radical (unpaired) electrons. The van der Waals surface area contributed by atoms with Crippen molar-refractivity contribution in [2.75, 3.05) is 14.2 Å². The zero-order chi connectivity index (χ0) is 23.8. The average molecular weight is 457 g/mol. The Morgan fingerprint density at radius 3 is 2.21 bits per heavy atom. The third-order valence-electron chi connectivity index (χ3n) is 5.51. The largest absolute Gasteiger partial charge is 0.497 e. The van der Waals surface area contributed by atoms with Crippen molar-refractivity contribution in [3.05, 3.63) is 101 Å². The Hall–Kier alpha value is -3.32. The van der Waals surface area contributed by atoms with Crippen LogP contribution in [0.3, 0.4) is 0 Å². The standard InChI is InChI=1S/C26H27F3N2O2/c1-30-25(32)24(19-7-4-3-5-8-19)31-23(20-9-6-10-22(17-20)33-2)16-13-18-11-14-21(15-12-18)26(27,28)29/h3-12,14-15,17,23-24,31H,13,16H2,1-2H3,(H,30,32)/t23-,24?/m1/s1. The molecular weight excluding hydrogens is 429 g/mol. The smallest absolute Gasteiger partial charge is 0.416 e. The number of hydrogen-bond acceptors (Lipinski definition) is 3. The lowest BCUT2D eigenvalue weighted by molar-refractivity contribution is -0.137. The van der Waals surface area contributed by atoms with E-state index in [1.54, 1.807) is 14.2 Å². The highest BCUT2D eigenvalue weighted by atomic mass is 19.4. The molecule has 33 heavy (non-hydrogen) atoms. The maximum Gasteiger partial charge on any atom is 0.416 e. The molecule has 1 amide bonds. The molecule has 7 heteroatoms. The van der Waals surface area contributed by atoms with Gasteiger partial charge in [-0.2, -0.15) is 13.2 Å². The number of methoxy groups -OCH3 is 1. The number of benzene rings is 3. The first kappa shape index (κ1) is 24.3. The highest BCUT2D eigenvalue weighted by Crippen LogP contribution is 2.30. The van der Waals surface area contributed by atoms with E-state index in [2.05, 4.69) is 10.6 Å². The molecular formula is C26H27F3N2O2. The Balaban J connectivity index is 1.86. The van der Waals surface area contributed by atoms with Crippen LogP contribution < -0.4 is 15.4 Å². The summed E-state index contributed by atoms with van der Waals surface area (Å²) in [6.07, 6.45) is -3.26. The van der Waals surface area contributed by atoms with E-state index in [1.165, 1.54) is 12.1 Å². The van der Waals surface area contributed by atoms with Crippen LogP contribution in [0.5, 0.6) is 5.75 Å². The lowest BCUT2D eigenvalue weighted by atomic mass is 9.96. The van der Waals surface area contributed by atoms with Gasteiger partial charge in [-0.15, -0.1) is 0 Å². The highest BCUT2D eigenvalue weighted by Gasteiger charge is 2.30. The van der Waals surface area contributed by atoms with Gasteiger partial charge in [0.2, 0.25) is 5.91 Å². The molecule has 174 valence electrons. The second-order valence-corrected chi connectivity index (χ2v) is 7.69. The molecule has 2 N–H and O–H groups in total. The van der Waals surface area contributed by atoms with Gasteiger partial charge >= 0.3 is 6.18 Å². The summed E-state index contributed by atoms with van der Waals surface area (Å²) in [5, 5.41) is 6.15. The van der Waals surface area contributed by atoms with Gasteiger partial charge in [0.05, 0.1) is 12.7 Å². The van der Waals surface area contributed by atoms with Crippen molar-refractivity contribution in [3.8, 4) is 5.75 Å². The van der Waals surface area contributed by atoms with Gasteiger partial charge in [-0.1, -0.05) is 54.6 Å². The highest BCUT2D eigenvalue weighted by molar-refractivity contribution is 5.83. The molecule has 0 heterocycles.